The first-order chi connectivity index (χ1) is 59.6. The van der Waals surface area contributed by atoms with E-state index >= 15 is 0 Å². The maximum Gasteiger partial charge on any atom is 1.00 e. The number of hydrogen-bond donors (Lipinski definition) is 4. The second-order valence-corrected chi connectivity index (χ2v) is 34.3. The van der Waals surface area contributed by atoms with Crippen molar-refractivity contribution in [3.05, 3.63) is 124 Å². The van der Waals surface area contributed by atoms with Gasteiger partial charge in [-0.3, -0.25) is 28.8 Å². The fourth-order valence-corrected chi connectivity index (χ4v) is 15.4. The summed E-state index contributed by atoms with van der Waals surface area (Å²) in [4.78, 5) is 94.9. The molecule has 13 rings (SSSR count). The van der Waals surface area contributed by atoms with E-state index in [1.807, 2.05) is 81.4 Å². The number of ether oxygens (including phenoxy) is 6. The molecule has 0 radical (unpaired) electrons. The van der Waals surface area contributed by atoms with Crippen LogP contribution < -0.4 is 44.7 Å². The summed E-state index contributed by atoms with van der Waals surface area (Å²) in [5.41, 5.74) is 21.9. The molecular formula is C81H123B3Cl3IN19NaO21. The predicted octanol–water partition coefficient (Wildman–Crippen LogP) is 8.36. The molecule has 5 aromatic heterocycles. The van der Waals surface area contributed by atoms with E-state index in [9.17, 15) is 48.5 Å². The molecule has 0 spiro atoms. The molecule has 2 bridgehead atoms. The van der Waals surface area contributed by atoms with E-state index in [1.54, 1.807) is 67.0 Å². The standard InChI is InChI=1S/C32H46BN3O6.C16H19BN4O5.C9H15N3O2.C8H12IN3O2.C7H11N3O2.C4H7N3O2.C4H8O.CH4.BCl3.Na.H2O/c1-10-25-19(2)36(35-34-25)18-23(37)17-22(33-41-27-16-21-15-26(31(21,6)7)32(27,8)42-33)14-20-12-11-13-24(28(20)39-9)29(38)40-30(3,4)5;1-9-14(7-18)19-20-21(9)8-12(22)6-11-5-10-3-2-4-13(16(23)24)15(10)26-17(11)25;1-4-8-7(3)12(11-10-8)6-9(13)14-5-2;1-3-6-8(9)12(11-10-6)5-7(13)14-4-2;1-3-6-5(2)10(9-8-6)4-7(11)12;1-2-9-4(8)3-6-7-5;1-2-4-5-3-1;;2-1(3)4;;/h11-13,21-22,26-27H,10,14-18H2,1-9H3;2-4,11,25H,5-8,18H2,1H3,(H,23,24);4-6H2,1-3H3;3-5H2,1-2H3;3-4H2,1-2H3,(H,11,12);2-3H2,1H3;1-4H2;1H4;;;1H2/q;;;;;;;;;+1;/p-1/t21-,22+,26-,27+,32-;11-;;;;;;;;;/m01........./s1. The second-order valence-electron chi connectivity index (χ2n) is 31.3. The van der Waals surface area contributed by atoms with Crippen molar-refractivity contribution in [2.75, 3.05) is 46.7 Å². The van der Waals surface area contributed by atoms with E-state index in [-0.39, 0.29) is 153 Å². The molecule has 6 atom stereocenters. The Morgan fingerprint density at radius 1 is 0.690 bits per heavy atom. The summed E-state index contributed by atoms with van der Waals surface area (Å²) in [7, 11) is -0.250. The molecule has 5 fully saturated rings. The van der Waals surface area contributed by atoms with Crippen molar-refractivity contribution in [3.8, 4) is 11.5 Å². The van der Waals surface area contributed by atoms with E-state index in [4.69, 9.17) is 88.4 Å². The van der Waals surface area contributed by atoms with Crippen molar-refractivity contribution in [1.29, 1.82) is 0 Å². The maximum absolute atomic E-state index is 13.6. The molecule has 3 aliphatic carbocycles. The molecule has 0 unspecified atom stereocenters. The monoisotopic (exact) mass is 1990 g/mol. The Labute approximate surface area is 804 Å². The number of aliphatic carboxylic acids is 1. The molecule has 7 aromatic rings. The number of Topliss-reactive ketones (excluding diaryl/α,β-unsaturated/α-hetero) is 2. The first kappa shape index (κ1) is 117. The zero-order valence-corrected chi connectivity index (χ0v) is 82.8. The van der Waals surface area contributed by atoms with Crippen LogP contribution in [-0.2, 0) is 140 Å². The van der Waals surface area contributed by atoms with E-state index in [0.29, 0.717) is 67.1 Å². The van der Waals surface area contributed by atoms with Crippen LogP contribution in [0.25, 0.3) is 10.4 Å². The molecule has 6 aliphatic rings. The number of rotatable bonds is 30. The van der Waals surface area contributed by atoms with Gasteiger partial charge in [0, 0.05) is 49.1 Å². The number of carboxylic acids is 2. The summed E-state index contributed by atoms with van der Waals surface area (Å²) in [6.07, 6.45) is 8.96. The van der Waals surface area contributed by atoms with E-state index in [0.717, 1.165) is 107 Å². The molecule has 48 heteroatoms. The number of esters is 4. The van der Waals surface area contributed by atoms with Crippen LogP contribution in [0.2, 0.25) is 11.6 Å². The minimum absolute atomic E-state index is 0. The number of hydrogen-bond acceptors (Lipinski definition) is 31. The van der Waals surface area contributed by atoms with E-state index < -0.39 is 60.1 Å². The quantitative estimate of drug-likeness (QED) is 0.00624. The van der Waals surface area contributed by atoms with Gasteiger partial charge in [-0.05, 0) is 209 Å². The zero-order chi connectivity index (χ0) is 93.9. The van der Waals surface area contributed by atoms with Gasteiger partial charge >= 0.3 is 84.6 Å². The number of nitrogens with two attached hydrogens (primary N) is 1. The number of ketones is 2. The summed E-state index contributed by atoms with van der Waals surface area (Å²) >= 11 is 16.5. The zero-order valence-electron chi connectivity index (χ0n) is 76.4. The third-order valence-electron chi connectivity index (χ3n) is 21.3. The van der Waals surface area contributed by atoms with E-state index in [2.05, 4.69) is 110 Å². The number of methoxy groups -OCH3 is 1. The maximum atomic E-state index is 13.6. The van der Waals surface area contributed by atoms with Crippen LogP contribution in [0.4, 0.5) is 0 Å². The number of nitrogens with zero attached hydrogens (tertiary/aromatic N) is 18. The van der Waals surface area contributed by atoms with Crippen LogP contribution in [-0.4, -0.2) is 226 Å². The number of para-hydroxylation sites is 2. The van der Waals surface area contributed by atoms with Crippen molar-refractivity contribution in [1.82, 2.24) is 75.0 Å². The average Bonchev–Trinajstić information content (AvgIpc) is 1.61. The van der Waals surface area contributed by atoms with Gasteiger partial charge in [-0.2, -0.15) is 34.4 Å². The van der Waals surface area contributed by atoms with Crippen LogP contribution in [0.5, 0.6) is 11.5 Å². The number of aromatic nitrogens is 15. The van der Waals surface area contributed by atoms with Crippen molar-refractivity contribution in [2.45, 2.75) is 270 Å². The molecule has 0 amide bonds. The average molecular weight is 1990 g/mol. The molecule has 2 aromatic carbocycles. The van der Waals surface area contributed by atoms with E-state index in [1.165, 1.54) is 28.3 Å². The fourth-order valence-electron chi connectivity index (χ4n) is 14.6. The molecule has 2 saturated heterocycles. The van der Waals surface area contributed by atoms with Gasteiger partial charge in [-0.25, -0.2) is 33.0 Å². The Morgan fingerprint density at radius 3 is 1.60 bits per heavy atom. The first-order valence-corrected chi connectivity index (χ1v) is 44.0. The molecule has 706 valence electrons. The Bertz CT molecular complexity index is 4720. The Morgan fingerprint density at radius 2 is 1.16 bits per heavy atom. The number of aromatic carboxylic acids is 1. The van der Waals surface area contributed by atoms with Crippen LogP contribution in [0.15, 0.2) is 41.5 Å². The van der Waals surface area contributed by atoms with Gasteiger partial charge in [0.1, 0.15) is 65.6 Å². The number of benzene rings is 2. The predicted molar refractivity (Wildman–Crippen MR) is 485 cm³/mol. The molecule has 3 saturated carbocycles. The topological polar surface area (TPSA) is 539 Å². The molecule has 3 aliphatic heterocycles. The minimum atomic E-state index is -1.25. The normalized spacial score (nSPS) is 16.8. The number of carboxylic acid groups (broad SMARTS) is 2. The van der Waals surface area contributed by atoms with Crippen molar-refractivity contribution >= 4 is 124 Å². The summed E-state index contributed by atoms with van der Waals surface area (Å²) in [5, 5.41) is 70.4. The largest absolute Gasteiger partial charge is 1.00 e. The summed E-state index contributed by atoms with van der Waals surface area (Å²) in [6.45, 7) is 36.5. The third-order valence-corrected chi connectivity index (χ3v) is 22.5. The van der Waals surface area contributed by atoms with Crippen molar-refractivity contribution in [3.63, 3.8) is 0 Å². The van der Waals surface area contributed by atoms with Crippen molar-refractivity contribution < 1.29 is 131 Å². The number of fused-ring (bicyclic) bond motifs is 1. The third kappa shape index (κ3) is 35.3. The van der Waals surface area contributed by atoms with Crippen LogP contribution in [0, 0.1) is 48.6 Å². The summed E-state index contributed by atoms with van der Waals surface area (Å²) < 4.78 is 57.9. The molecule has 129 heavy (non-hydrogen) atoms. The van der Waals surface area contributed by atoms with Gasteiger partial charge in [-0.15, -0.1) is 25.5 Å². The van der Waals surface area contributed by atoms with Gasteiger partial charge in [0.15, 0.2) is 11.6 Å². The Balaban J connectivity index is 0.000000554. The number of halogens is 4. The van der Waals surface area contributed by atoms with Crippen LogP contribution in [0.3, 0.4) is 0 Å². The number of carbonyl (C=O) groups excluding carboxylic acids is 6. The molecule has 6 N–H and O–H groups in total. The molecule has 8 heterocycles. The minimum Gasteiger partial charge on any atom is -0.870 e. The van der Waals surface area contributed by atoms with Crippen molar-refractivity contribution in [2.24, 2.45) is 28.1 Å². The summed E-state index contributed by atoms with van der Waals surface area (Å²) in [6, 6.07) is 10.2. The Hall–Kier alpha value is -8.24. The fraction of sp³-hybridized carbons (Fsp3) is 0.630. The Kier molecular flexibility index (Phi) is 51.9. The molecular weight excluding hydrogens is 1860 g/mol. The molecule has 40 nitrogen and oxygen atoms in total. The smallest absolute Gasteiger partial charge is 0.870 e. The van der Waals surface area contributed by atoms with Gasteiger partial charge in [0.2, 0.25) is 0 Å². The summed E-state index contributed by atoms with van der Waals surface area (Å²) in [5.74, 6) is -2.73. The van der Waals surface area contributed by atoms with Gasteiger partial charge in [0.05, 0.1) is 95.4 Å². The number of azide groups is 1. The SMILES string of the molecule is C.C1CCOC1.CCOC(=O)CN=[N+]=[N-].CCOC(=O)Cn1nnc(CC)c1C.CCOC(=O)Cn1nnc(CC)c1I.CCc1nnn(CC(=O)C[C@@H](Cc2cccc(C(=O)OC(C)(C)C)c2OC)B2O[C@@H]3C[C@@H]4C[C@@H](C4(C)C)[C@]3(C)O2)c1C.CCc1nnn(CC(=O)O)c1C.Cc1c(CN)nnn1CC(=O)C[C@H]1Cc2cccc(C(=O)O)c2OB1O.ClB(Cl)Cl.[Na+].[OH-]. The first-order valence-electron chi connectivity index (χ1n) is 41.6. The van der Waals surface area contributed by atoms with Gasteiger partial charge in [0.25, 0.3) is 0 Å². The van der Waals surface area contributed by atoms with Crippen LogP contribution >= 0.6 is 57.0 Å². The van der Waals surface area contributed by atoms with Gasteiger partial charge < -0.3 is 68.8 Å². The van der Waals surface area contributed by atoms with Crippen LogP contribution in [0.1, 0.15) is 219 Å². The number of aryl methyl sites for hydroxylation is 4. The van der Waals surface area contributed by atoms with Gasteiger partial charge in [-0.1, -0.05) is 104 Å². The second kappa shape index (κ2) is 57.3. The number of carbonyl (C=O) groups is 8.